The standard InChI is InChI=1S/C35H55F5O4/c1-32-20-18-26(41)21-25(32)14-15-27-28-16-17-29(42)33(28,2)22-24(30(27)32)12-9-7-5-4-6-8-11-23(31(43)44-3)13-10-19-34(36,37)35(38,39)40/h23-25,27-30,42H,4-22H2,1-3H3/t23?,24?,25?,27-,28-,29?,30+,32-,33-/m0/s1. The number of ether oxygens (including phenoxy) is 1. The van der Waals surface area contributed by atoms with Crippen LogP contribution in [-0.2, 0) is 14.3 Å². The second-order valence-electron chi connectivity index (χ2n) is 15.4. The van der Waals surface area contributed by atoms with Crippen LogP contribution in [0.5, 0.6) is 0 Å². The zero-order valence-corrected chi connectivity index (χ0v) is 27.0. The van der Waals surface area contributed by atoms with Crippen LogP contribution in [0.2, 0.25) is 0 Å². The Morgan fingerprint density at radius 1 is 0.932 bits per heavy atom. The smallest absolute Gasteiger partial charge is 0.453 e. The number of ketones is 1. The van der Waals surface area contributed by atoms with Gasteiger partial charge in [0.15, 0.2) is 0 Å². The molecule has 4 saturated carbocycles. The van der Waals surface area contributed by atoms with Crippen molar-refractivity contribution in [3.63, 3.8) is 0 Å². The molecule has 4 aliphatic rings. The summed E-state index contributed by atoms with van der Waals surface area (Å²) in [4.78, 5) is 24.5. The van der Waals surface area contributed by atoms with Gasteiger partial charge in [0, 0.05) is 19.3 Å². The first-order valence-corrected chi connectivity index (χ1v) is 17.4. The normalized spacial score (nSPS) is 36.3. The molecule has 0 saturated heterocycles. The SMILES string of the molecule is COC(=O)C(CCCCCCCCC1C[C@]2(C)C(O)CC[C@H]2[C@@H]2CCC3CC(=O)CC[C@]3(C)[C@H]12)CCCC(F)(F)C(F)(F)F. The lowest BCUT2D eigenvalue weighted by atomic mass is 9.42. The second-order valence-corrected chi connectivity index (χ2v) is 15.4. The first-order valence-electron chi connectivity index (χ1n) is 17.4. The Balaban J connectivity index is 1.23. The van der Waals surface area contributed by atoms with Crippen LogP contribution in [0.1, 0.15) is 136 Å². The van der Waals surface area contributed by atoms with Crippen LogP contribution < -0.4 is 0 Å². The molecule has 4 unspecified atom stereocenters. The minimum atomic E-state index is -5.57. The van der Waals surface area contributed by atoms with Crippen molar-refractivity contribution in [1.82, 2.24) is 0 Å². The monoisotopic (exact) mass is 634 g/mol. The summed E-state index contributed by atoms with van der Waals surface area (Å²) in [5.41, 5.74) is 0.216. The summed E-state index contributed by atoms with van der Waals surface area (Å²) in [5.74, 6) is -2.58. The molecule has 0 amide bonds. The molecule has 0 spiro atoms. The van der Waals surface area contributed by atoms with Crippen LogP contribution >= 0.6 is 0 Å². The van der Waals surface area contributed by atoms with Crippen molar-refractivity contribution in [2.24, 2.45) is 46.3 Å². The summed E-state index contributed by atoms with van der Waals surface area (Å²) in [7, 11) is 1.21. The zero-order chi connectivity index (χ0) is 32.3. The van der Waals surface area contributed by atoms with E-state index in [9.17, 15) is 36.6 Å². The van der Waals surface area contributed by atoms with E-state index in [1.54, 1.807) is 0 Å². The van der Waals surface area contributed by atoms with Gasteiger partial charge in [0.1, 0.15) is 5.78 Å². The van der Waals surface area contributed by atoms with Gasteiger partial charge < -0.3 is 9.84 Å². The molecule has 4 nitrogen and oxygen atoms in total. The van der Waals surface area contributed by atoms with Crippen molar-refractivity contribution in [3.05, 3.63) is 0 Å². The first kappa shape index (κ1) is 35.6. The minimum Gasteiger partial charge on any atom is -0.469 e. The molecule has 4 rings (SSSR count). The third kappa shape index (κ3) is 7.48. The molecule has 9 atom stereocenters. The maximum atomic E-state index is 13.3. The van der Waals surface area contributed by atoms with Gasteiger partial charge in [-0.2, -0.15) is 22.0 Å². The van der Waals surface area contributed by atoms with Gasteiger partial charge >= 0.3 is 18.1 Å². The van der Waals surface area contributed by atoms with Crippen molar-refractivity contribution in [2.45, 2.75) is 154 Å². The molecule has 9 heteroatoms. The van der Waals surface area contributed by atoms with Crippen molar-refractivity contribution in [2.75, 3.05) is 7.11 Å². The van der Waals surface area contributed by atoms with Crippen LogP contribution in [-0.4, -0.2) is 42.2 Å². The molecule has 0 aromatic rings. The Morgan fingerprint density at radius 2 is 1.59 bits per heavy atom. The van der Waals surface area contributed by atoms with E-state index in [1.807, 2.05) is 0 Å². The van der Waals surface area contributed by atoms with Gasteiger partial charge in [0.25, 0.3) is 0 Å². The highest BCUT2D eigenvalue weighted by Gasteiger charge is 2.62. The molecule has 0 aromatic carbocycles. The number of methoxy groups -OCH3 is 1. The molecule has 0 aromatic heterocycles. The molecular formula is C35H55F5O4. The molecule has 0 radical (unpaired) electrons. The average molecular weight is 635 g/mol. The number of halogens is 5. The first-order chi connectivity index (χ1) is 20.6. The molecular weight excluding hydrogens is 579 g/mol. The number of esters is 1. The predicted molar refractivity (Wildman–Crippen MR) is 159 cm³/mol. The van der Waals surface area contributed by atoms with Crippen LogP contribution in [0.25, 0.3) is 0 Å². The van der Waals surface area contributed by atoms with Gasteiger partial charge in [-0.3, -0.25) is 9.59 Å². The van der Waals surface area contributed by atoms with E-state index in [-0.39, 0.29) is 29.8 Å². The molecule has 4 aliphatic carbocycles. The Hall–Kier alpha value is -1.25. The number of alkyl halides is 5. The molecule has 0 aliphatic heterocycles. The third-order valence-corrected chi connectivity index (χ3v) is 12.9. The minimum absolute atomic E-state index is 0.00165. The number of aliphatic hydroxyl groups excluding tert-OH is 1. The summed E-state index contributed by atoms with van der Waals surface area (Å²) in [6, 6.07) is 0. The fourth-order valence-corrected chi connectivity index (χ4v) is 10.5. The summed E-state index contributed by atoms with van der Waals surface area (Å²) < 4.78 is 68.6. The highest BCUT2D eigenvalue weighted by Crippen LogP contribution is 2.68. The van der Waals surface area contributed by atoms with Crippen molar-refractivity contribution >= 4 is 11.8 Å². The number of hydrogen-bond donors (Lipinski definition) is 1. The number of hydrogen-bond acceptors (Lipinski definition) is 4. The maximum Gasteiger partial charge on any atom is 0.453 e. The van der Waals surface area contributed by atoms with E-state index in [0.717, 1.165) is 77.0 Å². The number of carbonyl (C=O) groups excluding carboxylic acids is 2. The van der Waals surface area contributed by atoms with Gasteiger partial charge in [-0.15, -0.1) is 0 Å². The van der Waals surface area contributed by atoms with E-state index in [1.165, 1.54) is 13.5 Å². The Morgan fingerprint density at radius 3 is 2.27 bits per heavy atom. The van der Waals surface area contributed by atoms with Crippen molar-refractivity contribution in [1.29, 1.82) is 0 Å². The Labute approximate surface area is 260 Å². The lowest BCUT2D eigenvalue weighted by Crippen LogP contribution is -2.57. The highest BCUT2D eigenvalue weighted by atomic mass is 19.4. The number of aliphatic hydroxyl groups is 1. The molecule has 1 N–H and O–H groups in total. The van der Waals surface area contributed by atoms with Gasteiger partial charge in [-0.05, 0) is 98.2 Å². The zero-order valence-electron chi connectivity index (χ0n) is 27.0. The van der Waals surface area contributed by atoms with E-state index in [2.05, 4.69) is 13.8 Å². The number of carbonyl (C=O) groups is 2. The van der Waals surface area contributed by atoms with Crippen molar-refractivity contribution in [3.8, 4) is 0 Å². The van der Waals surface area contributed by atoms with Crippen molar-refractivity contribution < 1.29 is 41.4 Å². The average Bonchev–Trinajstić information content (AvgIpc) is 3.26. The van der Waals surface area contributed by atoms with E-state index < -0.39 is 30.4 Å². The fraction of sp³-hybridized carbons (Fsp3) is 0.943. The summed E-state index contributed by atoms with van der Waals surface area (Å²) in [5, 5.41) is 11.1. The number of unbranched alkanes of at least 4 members (excludes halogenated alkanes) is 5. The number of fused-ring (bicyclic) bond motifs is 5. The van der Waals surface area contributed by atoms with Crippen LogP contribution in [0.4, 0.5) is 22.0 Å². The van der Waals surface area contributed by atoms with E-state index >= 15 is 0 Å². The van der Waals surface area contributed by atoms with Gasteiger partial charge in [-0.25, -0.2) is 0 Å². The van der Waals surface area contributed by atoms with Crippen LogP contribution in [0, 0.1) is 46.3 Å². The van der Waals surface area contributed by atoms with E-state index in [0.29, 0.717) is 54.6 Å². The summed E-state index contributed by atoms with van der Waals surface area (Å²) in [6.45, 7) is 4.81. The molecule has 254 valence electrons. The lowest BCUT2D eigenvalue weighted by molar-refractivity contribution is -0.284. The quantitative estimate of drug-likeness (QED) is 0.117. The maximum absolute atomic E-state index is 13.3. The number of Topliss-reactive ketones (excluding diaryl/α,β-unsaturated/α-hetero) is 1. The predicted octanol–water partition coefficient (Wildman–Crippen LogP) is 9.46. The third-order valence-electron chi connectivity index (χ3n) is 12.9. The second kappa shape index (κ2) is 14.3. The summed E-state index contributed by atoms with van der Waals surface area (Å²) >= 11 is 0. The summed E-state index contributed by atoms with van der Waals surface area (Å²) in [6.07, 6.45) is 7.83. The molecule has 0 bridgehead atoms. The van der Waals surface area contributed by atoms with Gasteiger partial charge in [-0.1, -0.05) is 58.8 Å². The molecule has 0 heterocycles. The van der Waals surface area contributed by atoms with E-state index in [4.69, 9.17) is 4.74 Å². The fourth-order valence-electron chi connectivity index (χ4n) is 10.5. The van der Waals surface area contributed by atoms with Gasteiger partial charge in [0.2, 0.25) is 0 Å². The molecule has 4 fully saturated rings. The highest BCUT2D eigenvalue weighted by molar-refractivity contribution is 5.79. The van der Waals surface area contributed by atoms with Gasteiger partial charge in [0.05, 0.1) is 19.1 Å². The Kier molecular flexibility index (Phi) is 11.5. The lowest BCUT2D eigenvalue weighted by Gasteiger charge is -2.62. The molecule has 44 heavy (non-hydrogen) atoms. The largest absolute Gasteiger partial charge is 0.469 e. The van der Waals surface area contributed by atoms with Crippen LogP contribution in [0.3, 0.4) is 0 Å². The van der Waals surface area contributed by atoms with Crippen LogP contribution in [0.15, 0.2) is 0 Å². The topological polar surface area (TPSA) is 63.6 Å². The number of rotatable bonds is 14. The Bertz CT molecular complexity index is 985.